The quantitative estimate of drug-likeness (QED) is 0.572. The second-order valence-electron chi connectivity index (χ2n) is 10.2. The van der Waals surface area contributed by atoms with Crippen LogP contribution < -0.4 is 10.2 Å². The lowest BCUT2D eigenvalue weighted by Gasteiger charge is -2.41. The molecule has 38 heavy (non-hydrogen) atoms. The topological polar surface area (TPSA) is 138 Å². The lowest BCUT2D eigenvalue weighted by atomic mass is 10.1. The number of carbonyl (C=O) groups excluding carboxylic acids is 3. The first-order valence-electron chi connectivity index (χ1n) is 12.6. The van der Waals surface area contributed by atoms with Crippen LogP contribution in [0.1, 0.15) is 13.3 Å². The number of nitrogens with zero attached hydrogens (tertiary/aromatic N) is 8. The largest absolute Gasteiger partial charge is 0.356 e. The third kappa shape index (κ3) is 4.00. The van der Waals surface area contributed by atoms with Gasteiger partial charge in [-0.2, -0.15) is 5.26 Å². The van der Waals surface area contributed by atoms with Gasteiger partial charge in [0.1, 0.15) is 24.2 Å². The number of amides is 4. The summed E-state index contributed by atoms with van der Waals surface area (Å²) in [6.07, 6.45) is 3.80. The minimum Gasteiger partial charge on any atom is -0.356 e. The molecular weight excluding hydrogens is 486 g/mol. The van der Waals surface area contributed by atoms with Gasteiger partial charge < -0.3 is 20.0 Å². The van der Waals surface area contributed by atoms with Gasteiger partial charge in [0.2, 0.25) is 5.91 Å². The smallest absolute Gasteiger partial charge is 0.329 e. The number of nitrogens with one attached hydrogen (secondary N) is 1. The van der Waals surface area contributed by atoms with Crippen molar-refractivity contribution in [3.05, 3.63) is 36.5 Å². The molecule has 12 heteroatoms. The third-order valence-corrected chi connectivity index (χ3v) is 7.81. The number of likely N-dealkylation sites (N-methyl/N-ethyl adjacent to an activating group) is 1. The van der Waals surface area contributed by atoms with E-state index in [0.717, 1.165) is 41.2 Å². The highest BCUT2D eigenvalue weighted by atomic mass is 16.2. The first-order valence-corrected chi connectivity index (χ1v) is 12.6. The minimum atomic E-state index is -0.891. The average molecular weight is 514 g/mol. The highest BCUT2D eigenvalue weighted by Crippen LogP contribution is 2.46. The van der Waals surface area contributed by atoms with E-state index in [9.17, 15) is 14.4 Å². The summed E-state index contributed by atoms with van der Waals surface area (Å²) < 4.78 is 0. The Morgan fingerprint density at radius 2 is 2.00 bits per heavy atom. The lowest BCUT2D eigenvalue weighted by molar-refractivity contribution is -0.138. The minimum absolute atomic E-state index is 0.365. The molecule has 5 heterocycles. The van der Waals surface area contributed by atoms with E-state index in [4.69, 9.17) is 5.26 Å². The van der Waals surface area contributed by atoms with Crippen molar-refractivity contribution in [2.75, 3.05) is 36.9 Å². The molecule has 4 unspecified atom stereocenters. The van der Waals surface area contributed by atoms with E-state index in [1.807, 2.05) is 30.3 Å². The normalized spacial score (nSPS) is 26.2. The van der Waals surface area contributed by atoms with E-state index < -0.39 is 30.2 Å². The van der Waals surface area contributed by atoms with Crippen molar-refractivity contribution in [2.45, 2.75) is 31.6 Å². The van der Waals surface area contributed by atoms with Crippen molar-refractivity contribution in [1.29, 1.82) is 5.26 Å². The molecule has 12 nitrogen and oxygen atoms in total. The van der Waals surface area contributed by atoms with Crippen LogP contribution in [0.25, 0.3) is 11.3 Å². The first kappa shape index (κ1) is 23.8. The summed E-state index contributed by atoms with van der Waals surface area (Å²) in [5, 5.41) is 11.9. The van der Waals surface area contributed by atoms with E-state index in [2.05, 4.69) is 25.2 Å². The molecular formula is C26H27N9O3. The van der Waals surface area contributed by atoms with Crippen molar-refractivity contribution in [1.82, 2.24) is 24.7 Å². The Morgan fingerprint density at radius 3 is 2.71 bits per heavy atom. The third-order valence-electron chi connectivity index (χ3n) is 7.81. The van der Waals surface area contributed by atoms with Crippen LogP contribution in [-0.2, 0) is 9.59 Å². The molecule has 1 saturated carbocycles. The summed E-state index contributed by atoms with van der Waals surface area (Å²) >= 11 is 0. The maximum absolute atomic E-state index is 13.2. The first-order chi connectivity index (χ1) is 18.4. The zero-order valence-corrected chi connectivity index (χ0v) is 21.1. The number of imide groups is 1. The number of pyridine rings is 2. The zero-order valence-electron chi connectivity index (χ0n) is 21.1. The van der Waals surface area contributed by atoms with Gasteiger partial charge in [-0.05, 0) is 49.4 Å². The summed E-state index contributed by atoms with van der Waals surface area (Å²) in [7, 11) is 1.52. The molecule has 3 aliphatic heterocycles. The molecule has 194 valence electrons. The molecule has 1 aliphatic carbocycles. The molecule has 3 fully saturated rings. The Morgan fingerprint density at radius 1 is 1.21 bits per heavy atom. The van der Waals surface area contributed by atoms with E-state index >= 15 is 0 Å². The average Bonchev–Trinajstić information content (AvgIpc) is 3.32. The number of aliphatic imine (C=N–C) groups is 1. The molecule has 6 rings (SSSR count). The van der Waals surface area contributed by atoms with Gasteiger partial charge in [-0.3, -0.25) is 9.59 Å². The Bertz CT molecular complexity index is 1360. The highest BCUT2D eigenvalue weighted by molar-refractivity contribution is 6.03. The predicted molar refractivity (Wildman–Crippen MR) is 138 cm³/mol. The van der Waals surface area contributed by atoms with Gasteiger partial charge in [-0.1, -0.05) is 6.07 Å². The summed E-state index contributed by atoms with van der Waals surface area (Å²) in [6.45, 7) is 3.43. The summed E-state index contributed by atoms with van der Waals surface area (Å²) in [5.74, 6) is 2.05. The van der Waals surface area contributed by atoms with Gasteiger partial charge in [0.25, 0.3) is 5.91 Å². The summed E-state index contributed by atoms with van der Waals surface area (Å²) in [6, 6.07) is 8.93. The van der Waals surface area contributed by atoms with Crippen molar-refractivity contribution >= 4 is 35.8 Å². The number of urea groups is 1. The van der Waals surface area contributed by atoms with E-state index in [0.29, 0.717) is 11.5 Å². The number of fused-ring (bicyclic) bond motifs is 2. The fraction of sp³-hybridized carbons (Fsp3) is 0.423. The van der Waals surface area contributed by atoms with Crippen LogP contribution in [0.15, 0.2) is 41.5 Å². The second-order valence-corrected chi connectivity index (χ2v) is 10.2. The number of rotatable bonds is 6. The zero-order chi connectivity index (χ0) is 26.6. The molecule has 1 N–H and O–H groups in total. The van der Waals surface area contributed by atoms with E-state index in [-0.39, 0.29) is 12.5 Å². The molecule has 0 bridgehead atoms. The maximum atomic E-state index is 13.2. The molecule has 2 aromatic rings. The number of piperidine rings is 1. The predicted octanol–water partition coefficient (Wildman–Crippen LogP) is 1.38. The fourth-order valence-electron chi connectivity index (χ4n) is 5.48. The number of hydrogen-bond donors (Lipinski definition) is 1. The Labute approximate surface area is 219 Å². The number of hydrogen-bond acceptors (Lipinski definition) is 9. The molecule has 4 aliphatic rings. The van der Waals surface area contributed by atoms with Gasteiger partial charge in [0, 0.05) is 31.9 Å². The Balaban J connectivity index is 1.14. The van der Waals surface area contributed by atoms with Crippen LogP contribution in [0.5, 0.6) is 0 Å². The number of anilines is 2. The summed E-state index contributed by atoms with van der Waals surface area (Å²) in [4.78, 5) is 58.2. The monoisotopic (exact) mass is 513 g/mol. The van der Waals surface area contributed by atoms with Crippen LogP contribution in [0.4, 0.5) is 16.4 Å². The van der Waals surface area contributed by atoms with Gasteiger partial charge in [-0.15, -0.1) is 0 Å². The second kappa shape index (κ2) is 9.09. The van der Waals surface area contributed by atoms with Crippen LogP contribution in [-0.4, -0.2) is 93.8 Å². The molecule has 2 saturated heterocycles. The summed E-state index contributed by atoms with van der Waals surface area (Å²) in [5.41, 5.74) is 1.52. The molecule has 2 aromatic heterocycles. The van der Waals surface area contributed by atoms with Gasteiger partial charge in [-0.25, -0.2) is 24.7 Å². The van der Waals surface area contributed by atoms with Gasteiger partial charge in [0.15, 0.2) is 12.2 Å². The molecule has 0 radical (unpaired) electrons. The van der Waals surface area contributed by atoms with Crippen molar-refractivity contribution in [3.63, 3.8) is 0 Å². The molecule has 5 atom stereocenters. The van der Waals surface area contributed by atoms with Gasteiger partial charge >= 0.3 is 6.03 Å². The van der Waals surface area contributed by atoms with Gasteiger partial charge in [0.05, 0.1) is 18.1 Å². The molecule has 0 aromatic carbocycles. The highest BCUT2D eigenvalue weighted by Gasteiger charge is 2.51. The molecule has 4 amide bonds. The number of carbonyl (C=O) groups is 3. The standard InChI is InChI=1S/C26H27N9O3/c1-15(35-14-29-23-22(35)25(37)34(9-8-27)26(38)32(23)2)24(36)31-20-5-3-4-19(30-20)16-6-7-21(28-11-16)33-12-17-10-18(17)13-33/h3-7,11,14-15,17-18,22-23H,9-10,12-13H2,1-2H3,(H,30,31,36)/t15-,17?,18?,22?,23?/m0/s1. The number of nitriles is 1. The van der Waals surface area contributed by atoms with Crippen molar-refractivity contribution in [2.24, 2.45) is 16.8 Å². The van der Waals surface area contributed by atoms with Crippen LogP contribution in [0.3, 0.4) is 0 Å². The SMILES string of the molecule is C[C@@H](C(=O)Nc1cccc(-c2ccc(N3CC4CC4C3)nc2)n1)N1C=NC2C1C(=O)N(CC#N)C(=O)N2C. The Kier molecular flexibility index (Phi) is 5.71. The fourth-order valence-corrected chi connectivity index (χ4v) is 5.48. The van der Waals surface area contributed by atoms with E-state index in [1.54, 1.807) is 19.2 Å². The molecule has 0 spiro atoms. The lowest BCUT2D eigenvalue weighted by Crippen LogP contribution is -2.66. The Hall–Kier alpha value is -4.53. The van der Waals surface area contributed by atoms with Crippen LogP contribution >= 0.6 is 0 Å². The van der Waals surface area contributed by atoms with E-state index in [1.165, 1.54) is 29.6 Å². The number of aromatic nitrogens is 2. The van der Waals surface area contributed by atoms with Crippen molar-refractivity contribution < 1.29 is 14.4 Å². The van der Waals surface area contributed by atoms with Crippen LogP contribution in [0.2, 0.25) is 0 Å². The maximum Gasteiger partial charge on any atom is 0.329 e. The van der Waals surface area contributed by atoms with Crippen molar-refractivity contribution in [3.8, 4) is 17.3 Å². The van der Waals surface area contributed by atoms with Crippen LogP contribution in [0, 0.1) is 23.2 Å².